The second kappa shape index (κ2) is 6.69. The molecule has 2 nitrogen and oxygen atoms in total. The highest BCUT2D eigenvalue weighted by molar-refractivity contribution is 6.30. The number of hydrogen-bond donors (Lipinski definition) is 0. The van der Waals surface area contributed by atoms with E-state index in [4.69, 9.17) is 11.6 Å². The van der Waals surface area contributed by atoms with Crippen LogP contribution in [0.25, 0.3) is 0 Å². The van der Waals surface area contributed by atoms with Gasteiger partial charge in [-0.25, -0.2) is 0 Å². The molecule has 0 bridgehead atoms. The number of aliphatic imine (C=N–C) groups is 1. The quantitative estimate of drug-likeness (QED) is 0.705. The molecule has 1 aromatic rings. The smallest absolute Gasteiger partial charge is 0.157 e. The fraction of sp³-hybridized carbons (Fsp3) is 0.467. The maximum Gasteiger partial charge on any atom is 0.157 e. The summed E-state index contributed by atoms with van der Waals surface area (Å²) in [6.45, 7) is 5.62. The number of unbranched alkanes of at least 4 members (excludes halogenated alkanes) is 1. The zero-order chi connectivity index (χ0) is 13.6. The second-order valence-electron chi connectivity index (χ2n) is 4.74. The molecule has 0 aliphatic carbocycles. The van der Waals surface area contributed by atoms with Gasteiger partial charge in [0.25, 0.3) is 0 Å². The van der Waals surface area contributed by atoms with Gasteiger partial charge in [0.15, 0.2) is 5.78 Å². The van der Waals surface area contributed by atoms with Gasteiger partial charge in [-0.15, -0.1) is 0 Å². The summed E-state index contributed by atoms with van der Waals surface area (Å²) in [6, 6.07) is 7.43. The van der Waals surface area contributed by atoms with Crippen LogP contribution < -0.4 is 0 Å². The van der Waals surface area contributed by atoms with Crippen molar-refractivity contribution in [3.63, 3.8) is 0 Å². The Kier molecular flexibility index (Phi) is 5.54. The lowest BCUT2D eigenvalue weighted by atomic mass is 9.91. The number of rotatable bonds is 6. The molecule has 0 unspecified atom stereocenters. The summed E-state index contributed by atoms with van der Waals surface area (Å²) in [6.07, 6.45) is 4.63. The van der Waals surface area contributed by atoms with E-state index in [9.17, 15) is 4.79 Å². The molecule has 0 saturated heterocycles. The lowest BCUT2D eigenvalue weighted by Gasteiger charge is -2.21. The van der Waals surface area contributed by atoms with Crippen LogP contribution in [0, 0.1) is 0 Å². The van der Waals surface area contributed by atoms with Gasteiger partial charge in [-0.3, -0.25) is 9.79 Å². The highest BCUT2D eigenvalue weighted by atomic mass is 35.5. The summed E-state index contributed by atoms with van der Waals surface area (Å²) in [7, 11) is 0. The van der Waals surface area contributed by atoms with Crippen LogP contribution in [0.3, 0.4) is 0 Å². The molecule has 0 aromatic heterocycles. The molecular formula is C15H20ClNO. The van der Waals surface area contributed by atoms with E-state index in [1.807, 2.05) is 31.2 Å². The van der Waals surface area contributed by atoms with Gasteiger partial charge in [-0.2, -0.15) is 0 Å². The predicted octanol–water partition coefficient (Wildman–Crippen LogP) is 4.30. The molecule has 0 radical (unpaired) electrons. The lowest BCUT2D eigenvalue weighted by molar-refractivity contribution is -0.121. The lowest BCUT2D eigenvalue weighted by Crippen LogP contribution is -2.31. The Hall–Kier alpha value is -1.15. The zero-order valence-corrected chi connectivity index (χ0v) is 12.0. The van der Waals surface area contributed by atoms with Crippen molar-refractivity contribution in [2.24, 2.45) is 4.99 Å². The molecule has 0 N–H and O–H groups in total. The van der Waals surface area contributed by atoms with Crippen molar-refractivity contribution < 1.29 is 4.79 Å². The van der Waals surface area contributed by atoms with Gasteiger partial charge in [0.05, 0.1) is 0 Å². The van der Waals surface area contributed by atoms with Crippen LogP contribution in [0.4, 0.5) is 0 Å². The van der Waals surface area contributed by atoms with Crippen LogP contribution in [0.2, 0.25) is 5.02 Å². The van der Waals surface area contributed by atoms with Crippen LogP contribution in [-0.4, -0.2) is 17.5 Å². The standard InChI is InChI=1S/C15H20ClNO/c1-4-5-10-15(3,12(2)18)17-11-13-6-8-14(16)9-7-13/h6-9,11H,4-5,10H2,1-3H3/t15-/m1/s1. The van der Waals surface area contributed by atoms with Crippen molar-refractivity contribution >= 4 is 23.6 Å². The maximum atomic E-state index is 11.7. The molecule has 0 amide bonds. The van der Waals surface area contributed by atoms with E-state index < -0.39 is 5.54 Å². The summed E-state index contributed by atoms with van der Waals surface area (Å²) < 4.78 is 0. The van der Waals surface area contributed by atoms with Gasteiger partial charge in [0.2, 0.25) is 0 Å². The fourth-order valence-corrected chi connectivity index (χ4v) is 1.74. The van der Waals surface area contributed by atoms with Crippen molar-refractivity contribution in [3.8, 4) is 0 Å². The first kappa shape index (κ1) is 14.9. The molecule has 0 heterocycles. The van der Waals surface area contributed by atoms with Gasteiger partial charge in [-0.1, -0.05) is 43.5 Å². The number of carbonyl (C=O) groups is 1. The van der Waals surface area contributed by atoms with Crippen molar-refractivity contribution in [2.75, 3.05) is 0 Å². The molecule has 3 heteroatoms. The Labute approximate surface area is 114 Å². The molecule has 1 rings (SSSR count). The number of carbonyl (C=O) groups excluding carboxylic acids is 1. The molecular weight excluding hydrogens is 246 g/mol. The first-order chi connectivity index (χ1) is 8.48. The number of benzene rings is 1. The SMILES string of the molecule is CCCC[C@@](C)(N=Cc1ccc(Cl)cc1)C(C)=O. The Morgan fingerprint density at radius 2 is 2.00 bits per heavy atom. The van der Waals surface area contributed by atoms with Gasteiger partial charge in [0, 0.05) is 11.2 Å². The number of halogens is 1. The van der Waals surface area contributed by atoms with E-state index in [2.05, 4.69) is 11.9 Å². The molecule has 1 atom stereocenters. The van der Waals surface area contributed by atoms with E-state index in [-0.39, 0.29) is 5.78 Å². The molecule has 0 aliphatic heterocycles. The van der Waals surface area contributed by atoms with Gasteiger partial charge in [0.1, 0.15) is 5.54 Å². The molecule has 1 aromatic carbocycles. The number of Topliss-reactive ketones (excluding diaryl/α,β-unsaturated/α-hetero) is 1. The highest BCUT2D eigenvalue weighted by Gasteiger charge is 2.27. The van der Waals surface area contributed by atoms with E-state index in [1.165, 1.54) is 0 Å². The van der Waals surface area contributed by atoms with E-state index >= 15 is 0 Å². The number of ketones is 1. The summed E-state index contributed by atoms with van der Waals surface area (Å²) in [4.78, 5) is 16.2. The minimum absolute atomic E-state index is 0.112. The van der Waals surface area contributed by atoms with E-state index in [0.29, 0.717) is 5.02 Å². The maximum absolute atomic E-state index is 11.7. The molecule has 0 saturated carbocycles. The molecule has 0 aliphatic rings. The minimum Gasteiger partial charge on any atom is -0.297 e. The number of nitrogens with zero attached hydrogens (tertiary/aromatic N) is 1. The summed E-state index contributed by atoms with van der Waals surface area (Å²) in [5, 5.41) is 0.701. The average Bonchev–Trinajstić information content (AvgIpc) is 2.35. The van der Waals surface area contributed by atoms with Crippen molar-refractivity contribution in [3.05, 3.63) is 34.9 Å². The number of hydrogen-bond acceptors (Lipinski definition) is 2. The predicted molar refractivity (Wildman–Crippen MR) is 77.7 cm³/mol. The van der Waals surface area contributed by atoms with E-state index in [0.717, 1.165) is 24.8 Å². The summed E-state index contributed by atoms with van der Waals surface area (Å²) in [5.41, 5.74) is 0.360. The Morgan fingerprint density at radius 1 is 1.39 bits per heavy atom. The van der Waals surface area contributed by atoms with Crippen LogP contribution in [0.1, 0.15) is 45.6 Å². The largest absolute Gasteiger partial charge is 0.297 e. The first-order valence-electron chi connectivity index (χ1n) is 6.30. The fourth-order valence-electron chi connectivity index (χ4n) is 1.62. The zero-order valence-electron chi connectivity index (χ0n) is 11.2. The third-order valence-electron chi connectivity index (χ3n) is 3.14. The van der Waals surface area contributed by atoms with Gasteiger partial charge < -0.3 is 0 Å². The Bertz CT molecular complexity index is 425. The third kappa shape index (κ3) is 4.26. The van der Waals surface area contributed by atoms with Crippen LogP contribution in [0.5, 0.6) is 0 Å². The second-order valence-corrected chi connectivity index (χ2v) is 5.18. The summed E-state index contributed by atoms with van der Waals surface area (Å²) in [5.74, 6) is 0.112. The monoisotopic (exact) mass is 265 g/mol. The normalized spacial score (nSPS) is 14.7. The van der Waals surface area contributed by atoms with Gasteiger partial charge in [-0.05, 0) is 38.0 Å². The van der Waals surface area contributed by atoms with Crippen LogP contribution in [-0.2, 0) is 4.79 Å². The van der Waals surface area contributed by atoms with Crippen LogP contribution >= 0.6 is 11.6 Å². The topological polar surface area (TPSA) is 29.4 Å². The highest BCUT2D eigenvalue weighted by Crippen LogP contribution is 2.20. The van der Waals surface area contributed by atoms with Crippen molar-refractivity contribution in [2.45, 2.75) is 45.6 Å². The molecule has 98 valence electrons. The van der Waals surface area contributed by atoms with Crippen LogP contribution in [0.15, 0.2) is 29.3 Å². The first-order valence-corrected chi connectivity index (χ1v) is 6.67. The van der Waals surface area contributed by atoms with E-state index in [1.54, 1.807) is 13.1 Å². The Morgan fingerprint density at radius 3 is 2.50 bits per heavy atom. The van der Waals surface area contributed by atoms with Gasteiger partial charge >= 0.3 is 0 Å². The summed E-state index contributed by atoms with van der Waals surface area (Å²) >= 11 is 5.82. The Balaban J connectivity index is 2.83. The minimum atomic E-state index is -0.602. The van der Waals surface area contributed by atoms with Crippen molar-refractivity contribution in [1.82, 2.24) is 0 Å². The third-order valence-corrected chi connectivity index (χ3v) is 3.40. The average molecular weight is 266 g/mol. The molecule has 0 fully saturated rings. The molecule has 18 heavy (non-hydrogen) atoms. The van der Waals surface area contributed by atoms with Crippen molar-refractivity contribution in [1.29, 1.82) is 0 Å². The molecule has 0 spiro atoms.